The SMILES string of the molecule is Cc1cc(NC(=O)c2cccc(Cl)c2)n(-c2nc3c(cnn3-c3ccc(Cl)cc3)c(=O)[nH]2)n1. The van der Waals surface area contributed by atoms with Gasteiger partial charge >= 0.3 is 0 Å². The molecule has 5 rings (SSSR count). The van der Waals surface area contributed by atoms with E-state index < -0.39 is 5.56 Å². The Morgan fingerprint density at radius 1 is 1.03 bits per heavy atom. The van der Waals surface area contributed by atoms with Gasteiger partial charge in [0.1, 0.15) is 11.2 Å². The average Bonchev–Trinajstić information content (AvgIpc) is 3.38. The summed E-state index contributed by atoms with van der Waals surface area (Å²) in [5.41, 5.74) is 1.62. The Hall–Kier alpha value is -3.95. The van der Waals surface area contributed by atoms with Crippen molar-refractivity contribution in [2.24, 2.45) is 0 Å². The third-order valence-electron chi connectivity index (χ3n) is 4.86. The normalized spacial score (nSPS) is 11.1. The minimum atomic E-state index is -0.393. The average molecular weight is 480 g/mol. The number of aryl methyl sites for hydroxylation is 1. The molecule has 1 amide bonds. The number of carbonyl (C=O) groups excluding carboxylic acids is 1. The van der Waals surface area contributed by atoms with E-state index in [4.69, 9.17) is 23.2 Å². The van der Waals surface area contributed by atoms with Gasteiger partial charge in [-0.2, -0.15) is 19.9 Å². The first kappa shape index (κ1) is 20.9. The molecule has 5 aromatic rings. The summed E-state index contributed by atoms with van der Waals surface area (Å²) >= 11 is 12.0. The van der Waals surface area contributed by atoms with Crippen LogP contribution in [0.4, 0.5) is 5.82 Å². The highest BCUT2D eigenvalue weighted by molar-refractivity contribution is 6.31. The molecule has 0 saturated carbocycles. The van der Waals surface area contributed by atoms with Gasteiger partial charge in [0.15, 0.2) is 5.65 Å². The van der Waals surface area contributed by atoms with Crippen LogP contribution in [0.2, 0.25) is 10.0 Å². The highest BCUT2D eigenvalue weighted by Gasteiger charge is 2.17. The molecule has 0 radical (unpaired) electrons. The van der Waals surface area contributed by atoms with Crippen LogP contribution in [0, 0.1) is 6.92 Å². The van der Waals surface area contributed by atoms with Crippen LogP contribution in [0.3, 0.4) is 0 Å². The quantitative estimate of drug-likeness (QED) is 0.401. The maximum atomic E-state index is 12.8. The fourth-order valence-corrected chi connectivity index (χ4v) is 3.66. The maximum Gasteiger partial charge on any atom is 0.263 e. The summed E-state index contributed by atoms with van der Waals surface area (Å²) in [5, 5.41) is 12.8. The Bertz CT molecular complexity index is 1570. The minimum Gasteiger partial charge on any atom is -0.306 e. The molecule has 33 heavy (non-hydrogen) atoms. The Morgan fingerprint density at radius 2 is 1.82 bits per heavy atom. The molecular weight excluding hydrogens is 465 g/mol. The third-order valence-corrected chi connectivity index (χ3v) is 5.34. The molecule has 0 atom stereocenters. The fourth-order valence-electron chi connectivity index (χ4n) is 3.35. The second kappa shape index (κ2) is 8.19. The van der Waals surface area contributed by atoms with Gasteiger partial charge in [-0.1, -0.05) is 29.3 Å². The minimum absolute atomic E-state index is 0.123. The molecule has 0 fully saturated rings. The molecule has 0 spiro atoms. The van der Waals surface area contributed by atoms with Crippen molar-refractivity contribution >= 4 is 46.0 Å². The second-order valence-corrected chi connectivity index (χ2v) is 8.08. The van der Waals surface area contributed by atoms with E-state index in [0.29, 0.717) is 43.8 Å². The monoisotopic (exact) mass is 479 g/mol. The predicted octanol–water partition coefficient (Wildman–Crippen LogP) is 4.16. The summed E-state index contributed by atoms with van der Waals surface area (Å²) in [5.74, 6) is 0.0727. The molecule has 2 aromatic carbocycles. The fraction of sp³-hybridized carbons (Fsp3) is 0.0455. The molecule has 9 nitrogen and oxygen atoms in total. The number of nitrogens with zero attached hydrogens (tertiary/aromatic N) is 5. The molecular formula is C22H15Cl2N7O2. The van der Waals surface area contributed by atoms with E-state index in [0.717, 1.165) is 0 Å². The lowest BCUT2D eigenvalue weighted by atomic mass is 10.2. The Labute approximate surface area is 196 Å². The van der Waals surface area contributed by atoms with Crippen LogP contribution < -0.4 is 10.9 Å². The van der Waals surface area contributed by atoms with Crippen LogP contribution in [-0.4, -0.2) is 35.4 Å². The first-order valence-corrected chi connectivity index (χ1v) is 10.5. The van der Waals surface area contributed by atoms with Crippen molar-refractivity contribution in [2.45, 2.75) is 6.92 Å². The van der Waals surface area contributed by atoms with Crippen molar-refractivity contribution < 1.29 is 4.79 Å². The van der Waals surface area contributed by atoms with E-state index in [1.54, 1.807) is 61.5 Å². The maximum absolute atomic E-state index is 12.8. The van der Waals surface area contributed by atoms with Gasteiger partial charge in [0, 0.05) is 21.7 Å². The number of halogens is 2. The number of benzene rings is 2. The van der Waals surface area contributed by atoms with E-state index in [1.165, 1.54) is 15.6 Å². The van der Waals surface area contributed by atoms with Crippen molar-refractivity contribution in [3.8, 4) is 11.6 Å². The molecule has 3 aromatic heterocycles. The Balaban J connectivity index is 1.58. The van der Waals surface area contributed by atoms with Crippen molar-refractivity contribution in [3.63, 3.8) is 0 Å². The first-order chi connectivity index (χ1) is 15.9. The number of rotatable bonds is 4. The number of aromatic nitrogens is 6. The highest BCUT2D eigenvalue weighted by atomic mass is 35.5. The molecule has 164 valence electrons. The molecule has 0 aliphatic rings. The van der Waals surface area contributed by atoms with Crippen LogP contribution in [0.25, 0.3) is 22.7 Å². The zero-order valence-corrected chi connectivity index (χ0v) is 18.6. The molecule has 2 N–H and O–H groups in total. The summed E-state index contributed by atoms with van der Waals surface area (Å²) in [6.07, 6.45) is 1.44. The van der Waals surface area contributed by atoms with E-state index in [1.807, 2.05) is 0 Å². The van der Waals surface area contributed by atoms with Crippen molar-refractivity contribution in [1.29, 1.82) is 0 Å². The van der Waals surface area contributed by atoms with E-state index in [-0.39, 0.29) is 11.9 Å². The molecule has 0 bridgehead atoms. The zero-order valence-electron chi connectivity index (χ0n) is 17.1. The zero-order chi connectivity index (χ0) is 23.1. The second-order valence-electron chi connectivity index (χ2n) is 7.21. The van der Waals surface area contributed by atoms with Gasteiger partial charge in [-0.25, -0.2) is 4.68 Å². The van der Waals surface area contributed by atoms with E-state index in [2.05, 4.69) is 25.5 Å². The molecule has 3 heterocycles. The topological polar surface area (TPSA) is 110 Å². The van der Waals surface area contributed by atoms with E-state index >= 15 is 0 Å². The standard InChI is InChI=1S/C22H15Cl2N7O2/c1-12-9-18(26-20(32)13-3-2-4-15(24)10-13)31(29-12)22-27-19-17(21(33)28-22)11-25-30(19)16-7-5-14(23)6-8-16/h2-11H,1H3,(H,26,32)(H,27,28,33). The lowest BCUT2D eigenvalue weighted by Gasteiger charge is -2.09. The van der Waals surface area contributed by atoms with Gasteiger partial charge in [-0.15, -0.1) is 0 Å². The van der Waals surface area contributed by atoms with Gasteiger partial charge in [0.05, 0.1) is 17.6 Å². The number of carbonyl (C=O) groups is 1. The summed E-state index contributed by atoms with van der Waals surface area (Å²) < 4.78 is 2.89. The number of hydrogen-bond donors (Lipinski definition) is 2. The lowest BCUT2D eigenvalue weighted by molar-refractivity contribution is 0.102. The molecule has 0 unspecified atom stereocenters. The van der Waals surface area contributed by atoms with Crippen LogP contribution in [0.15, 0.2) is 65.6 Å². The van der Waals surface area contributed by atoms with E-state index in [9.17, 15) is 9.59 Å². The van der Waals surface area contributed by atoms with Gasteiger partial charge < -0.3 is 5.32 Å². The molecule has 0 aliphatic heterocycles. The number of nitrogens with one attached hydrogen (secondary N) is 2. The van der Waals surface area contributed by atoms with Gasteiger partial charge in [-0.05, 0) is 49.4 Å². The molecule has 0 aliphatic carbocycles. The van der Waals surface area contributed by atoms with Gasteiger partial charge in [0.2, 0.25) is 5.95 Å². The molecule has 11 heteroatoms. The first-order valence-electron chi connectivity index (χ1n) is 9.77. The number of hydrogen-bond acceptors (Lipinski definition) is 5. The highest BCUT2D eigenvalue weighted by Crippen LogP contribution is 2.20. The summed E-state index contributed by atoms with van der Waals surface area (Å²) in [7, 11) is 0. The van der Waals surface area contributed by atoms with Crippen LogP contribution >= 0.6 is 23.2 Å². The van der Waals surface area contributed by atoms with Gasteiger partial charge in [-0.3, -0.25) is 14.6 Å². The predicted molar refractivity (Wildman–Crippen MR) is 126 cm³/mol. The molecule has 0 saturated heterocycles. The van der Waals surface area contributed by atoms with Crippen molar-refractivity contribution in [2.75, 3.05) is 5.32 Å². The Kier molecular flexibility index (Phi) is 5.20. The lowest BCUT2D eigenvalue weighted by Crippen LogP contribution is -2.19. The van der Waals surface area contributed by atoms with Crippen LogP contribution in [0.1, 0.15) is 16.1 Å². The van der Waals surface area contributed by atoms with Crippen LogP contribution in [-0.2, 0) is 0 Å². The summed E-state index contributed by atoms with van der Waals surface area (Å²) in [6.45, 7) is 1.76. The van der Waals surface area contributed by atoms with Crippen molar-refractivity contribution in [1.82, 2.24) is 29.5 Å². The number of anilines is 1. The van der Waals surface area contributed by atoms with Crippen molar-refractivity contribution in [3.05, 3.63) is 92.5 Å². The van der Waals surface area contributed by atoms with Crippen LogP contribution in [0.5, 0.6) is 0 Å². The number of H-pyrrole nitrogens is 1. The Morgan fingerprint density at radius 3 is 2.58 bits per heavy atom. The number of fused-ring (bicyclic) bond motifs is 1. The smallest absolute Gasteiger partial charge is 0.263 e. The summed E-state index contributed by atoms with van der Waals surface area (Å²) in [6, 6.07) is 15.2. The number of aromatic amines is 1. The third kappa shape index (κ3) is 3.99. The summed E-state index contributed by atoms with van der Waals surface area (Å²) in [4.78, 5) is 32.8. The van der Waals surface area contributed by atoms with Gasteiger partial charge in [0.25, 0.3) is 11.5 Å². The number of amides is 1. The largest absolute Gasteiger partial charge is 0.306 e.